The van der Waals surface area contributed by atoms with Gasteiger partial charge in [0.1, 0.15) is 5.82 Å². The molecule has 2 amide bonds. The SMILES string of the molecule is Cc1nc(C2CCCCN2C(=O)c2ccccc2)nc2c1CCC(=O)N2Cc1ccccn1. The Morgan fingerprint density at radius 2 is 1.85 bits per heavy atom. The van der Waals surface area contributed by atoms with E-state index in [-0.39, 0.29) is 17.9 Å². The Morgan fingerprint density at radius 3 is 2.64 bits per heavy atom. The number of likely N-dealkylation sites (tertiary alicyclic amines) is 1. The summed E-state index contributed by atoms with van der Waals surface area (Å²) in [5.41, 5.74) is 3.37. The van der Waals surface area contributed by atoms with Gasteiger partial charge in [0.25, 0.3) is 5.91 Å². The molecule has 0 spiro atoms. The Bertz CT molecular complexity index is 1170. The van der Waals surface area contributed by atoms with E-state index in [0.717, 1.165) is 36.2 Å². The van der Waals surface area contributed by atoms with Gasteiger partial charge in [-0.25, -0.2) is 9.97 Å². The molecule has 7 heteroatoms. The quantitative estimate of drug-likeness (QED) is 0.611. The van der Waals surface area contributed by atoms with E-state index >= 15 is 0 Å². The topological polar surface area (TPSA) is 79.3 Å². The van der Waals surface area contributed by atoms with Gasteiger partial charge >= 0.3 is 0 Å². The average molecular weight is 442 g/mol. The minimum atomic E-state index is -0.204. The monoisotopic (exact) mass is 441 g/mol. The molecule has 4 heterocycles. The van der Waals surface area contributed by atoms with Crippen LogP contribution in [0.15, 0.2) is 54.7 Å². The lowest BCUT2D eigenvalue weighted by molar-refractivity contribution is -0.119. The maximum Gasteiger partial charge on any atom is 0.254 e. The normalized spacial score (nSPS) is 18.2. The van der Waals surface area contributed by atoms with Crippen LogP contribution >= 0.6 is 0 Å². The summed E-state index contributed by atoms with van der Waals surface area (Å²) < 4.78 is 0. The highest BCUT2D eigenvalue weighted by Crippen LogP contribution is 2.35. The molecule has 33 heavy (non-hydrogen) atoms. The molecule has 0 radical (unpaired) electrons. The highest BCUT2D eigenvalue weighted by Gasteiger charge is 2.34. The Hall–Kier alpha value is -3.61. The molecule has 1 aromatic carbocycles. The number of carbonyl (C=O) groups excluding carboxylic acids is 2. The van der Waals surface area contributed by atoms with Crippen molar-refractivity contribution in [3.63, 3.8) is 0 Å². The van der Waals surface area contributed by atoms with Crippen molar-refractivity contribution >= 4 is 17.6 Å². The van der Waals surface area contributed by atoms with Gasteiger partial charge in [0.15, 0.2) is 5.82 Å². The molecule has 168 valence electrons. The summed E-state index contributed by atoms with van der Waals surface area (Å²) in [6.07, 6.45) is 5.59. The number of aryl methyl sites for hydroxylation is 1. The van der Waals surface area contributed by atoms with E-state index in [2.05, 4.69) is 4.98 Å². The average Bonchev–Trinajstić information content (AvgIpc) is 2.86. The zero-order chi connectivity index (χ0) is 22.8. The molecule has 0 saturated carbocycles. The number of hydrogen-bond acceptors (Lipinski definition) is 5. The molecule has 1 saturated heterocycles. The minimum Gasteiger partial charge on any atom is -0.328 e. The number of anilines is 1. The fraction of sp³-hybridized carbons (Fsp3) is 0.346. The van der Waals surface area contributed by atoms with Gasteiger partial charge in [0.2, 0.25) is 5.91 Å². The highest BCUT2D eigenvalue weighted by molar-refractivity contribution is 5.96. The first kappa shape index (κ1) is 21.2. The second-order valence-electron chi connectivity index (χ2n) is 8.65. The third kappa shape index (κ3) is 4.23. The number of carbonyl (C=O) groups is 2. The van der Waals surface area contributed by atoms with Crippen molar-refractivity contribution in [1.82, 2.24) is 19.9 Å². The van der Waals surface area contributed by atoms with Gasteiger partial charge in [-0.2, -0.15) is 0 Å². The number of nitrogens with zero attached hydrogens (tertiary/aromatic N) is 5. The molecule has 1 fully saturated rings. The maximum absolute atomic E-state index is 13.3. The second-order valence-corrected chi connectivity index (χ2v) is 8.65. The molecule has 0 aliphatic carbocycles. The first-order valence-electron chi connectivity index (χ1n) is 11.6. The Balaban J connectivity index is 1.51. The molecule has 5 rings (SSSR count). The summed E-state index contributed by atoms with van der Waals surface area (Å²) in [5, 5.41) is 0. The van der Waals surface area contributed by atoms with Gasteiger partial charge in [-0.15, -0.1) is 0 Å². The van der Waals surface area contributed by atoms with Crippen LogP contribution in [0.2, 0.25) is 0 Å². The van der Waals surface area contributed by atoms with Crippen LogP contribution in [-0.4, -0.2) is 38.2 Å². The first-order valence-corrected chi connectivity index (χ1v) is 11.6. The third-order valence-corrected chi connectivity index (χ3v) is 6.48. The van der Waals surface area contributed by atoms with Gasteiger partial charge in [0.05, 0.1) is 18.3 Å². The first-order chi connectivity index (χ1) is 16.1. The lowest BCUT2D eigenvalue weighted by Crippen LogP contribution is -2.40. The van der Waals surface area contributed by atoms with Gasteiger partial charge in [-0.05, 0) is 56.9 Å². The molecule has 7 nitrogen and oxygen atoms in total. The number of fused-ring (bicyclic) bond motifs is 1. The number of hydrogen-bond donors (Lipinski definition) is 0. The van der Waals surface area contributed by atoms with E-state index in [1.165, 1.54) is 0 Å². The predicted octanol–water partition coefficient (Wildman–Crippen LogP) is 4.03. The summed E-state index contributed by atoms with van der Waals surface area (Å²) in [7, 11) is 0. The number of benzene rings is 1. The largest absolute Gasteiger partial charge is 0.328 e. The van der Waals surface area contributed by atoms with Crippen molar-refractivity contribution in [3.8, 4) is 0 Å². The molecule has 2 aliphatic heterocycles. The van der Waals surface area contributed by atoms with Crippen LogP contribution < -0.4 is 4.90 Å². The number of rotatable bonds is 4. The summed E-state index contributed by atoms with van der Waals surface area (Å²) in [5.74, 6) is 1.33. The van der Waals surface area contributed by atoms with Gasteiger partial charge in [-0.1, -0.05) is 24.3 Å². The molecular weight excluding hydrogens is 414 g/mol. The Kier molecular flexibility index (Phi) is 5.86. The summed E-state index contributed by atoms with van der Waals surface area (Å²) >= 11 is 0. The minimum absolute atomic E-state index is 0.000641. The smallest absolute Gasteiger partial charge is 0.254 e. The van der Waals surface area contributed by atoms with Crippen molar-refractivity contribution in [2.45, 2.75) is 51.6 Å². The van der Waals surface area contributed by atoms with Crippen LogP contribution in [0.4, 0.5) is 5.82 Å². The lowest BCUT2D eigenvalue weighted by Gasteiger charge is -2.36. The van der Waals surface area contributed by atoms with Crippen molar-refractivity contribution < 1.29 is 9.59 Å². The van der Waals surface area contributed by atoms with Crippen molar-refractivity contribution in [2.24, 2.45) is 0 Å². The van der Waals surface area contributed by atoms with Crippen LogP contribution in [0.25, 0.3) is 0 Å². The lowest BCUT2D eigenvalue weighted by atomic mass is 9.98. The van der Waals surface area contributed by atoms with Crippen molar-refractivity contribution in [2.75, 3.05) is 11.4 Å². The maximum atomic E-state index is 13.3. The highest BCUT2D eigenvalue weighted by atomic mass is 16.2. The van der Waals surface area contributed by atoms with E-state index in [4.69, 9.17) is 9.97 Å². The van der Waals surface area contributed by atoms with Crippen LogP contribution in [0.5, 0.6) is 0 Å². The Labute approximate surface area is 193 Å². The fourth-order valence-corrected chi connectivity index (χ4v) is 4.76. The molecule has 0 N–H and O–H groups in total. The molecule has 1 unspecified atom stereocenters. The van der Waals surface area contributed by atoms with Gasteiger partial charge in [-0.3, -0.25) is 19.5 Å². The van der Waals surface area contributed by atoms with E-state index < -0.39 is 0 Å². The van der Waals surface area contributed by atoms with Crippen LogP contribution in [0, 0.1) is 6.92 Å². The van der Waals surface area contributed by atoms with E-state index in [1.54, 1.807) is 11.1 Å². The molecule has 0 bridgehead atoms. The summed E-state index contributed by atoms with van der Waals surface area (Å²) in [4.78, 5) is 44.0. The second kappa shape index (κ2) is 9.10. The zero-order valence-corrected chi connectivity index (χ0v) is 18.8. The molecular formula is C26H27N5O2. The number of amides is 2. The molecule has 3 aromatic rings. The number of piperidine rings is 1. The van der Waals surface area contributed by atoms with Crippen LogP contribution in [0.3, 0.4) is 0 Å². The Morgan fingerprint density at radius 1 is 1.03 bits per heavy atom. The number of pyridine rings is 1. The number of aromatic nitrogens is 3. The summed E-state index contributed by atoms with van der Waals surface area (Å²) in [6.45, 7) is 3.03. The van der Waals surface area contributed by atoms with E-state index in [9.17, 15) is 9.59 Å². The van der Waals surface area contributed by atoms with E-state index in [1.807, 2.05) is 60.4 Å². The van der Waals surface area contributed by atoms with Gasteiger partial charge in [0, 0.05) is 36.0 Å². The molecule has 2 aromatic heterocycles. The molecule has 1 atom stereocenters. The molecule has 2 aliphatic rings. The predicted molar refractivity (Wildman–Crippen MR) is 125 cm³/mol. The van der Waals surface area contributed by atoms with E-state index in [0.29, 0.717) is 43.1 Å². The standard InChI is InChI=1S/C26H27N5O2/c1-18-21-13-14-23(32)31(17-20-11-5-7-15-27-20)25(21)29-24(28-18)22-12-6-8-16-30(22)26(33)19-9-3-2-4-10-19/h2-5,7,9-11,15,22H,6,8,12-14,16-17H2,1H3. The van der Waals surface area contributed by atoms with Crippen molar-refractivity contribution in [1.29, 1.82) is 0 Å². The third-order valence-electron chi connectivity index (χ3n) is 6.48. The van der Waals surface area contributed by atoms with Crippen molar-refractivity contribution in [3.05, 3.63) is 83.1 Å². The summed E-state index contributed by atoms with van der Waals surface area (Å²) in [6, 6.07) is 14.9. The van der Waals surface area contributed by atoms with Crippen LogP contribution in [-0.2, 0) is 17.8 Å². The van der Waals surface area contributed by atoms with Crippen LogP contribution in [0.1, 0.15) is 64.9 Å². The fourth-order valence-electron chi connectivity index (χ4n) is 4.76. The zero-order valence-electron chi connectivity index (χ0n) is 18.8. The van der Waals surface area contributed by atoms with Gasteiger partial charge < -0.3 is 4.90 Å².